The van der Waals surface area contributed by atoms with Gasteiger partial charge < -0.3 is 19.1 Å². The number of Topliss-reactive ketones (excluding diaryl/α,β-unsaturated/α-hetero) is 1. The molecule has 0 N–H and O–H groups in total. The van der Waals surface area contributed by atoms with E-state index in [0.717, 1.165) is 4.90 Å². The summed E-state index contributed by atoms with van der Waals surface area (Å²) < 4.78 is 52.9. The first kappa shape index (κ1) is 21.3. The Morgan fingerprint density at radius 2 is 2.06 bits per heavy atom. The zero-order valence-electron chi connectivity index (χ0n) is 17.1. The van der Waals surface area contributed by atoms with Crippen LogP contribution >= 0.6 is 0 Å². The first-order valence-corrected chi connectivity index (χ1v) is 9.91. The van der Waals surface area contributed by atoms with E-state index in [1.165, 1.54) is 16.7 Å². The Labute approximate surface area is 175 Å². The Morgan fingerprint density at radius 1 is 1.29 bits per heavy atom. The summed E-state index contributed by atoms with van der Waals surface area (Å²) in [5.74, 6) is -0.195. The second-order valence-electron chi connectivity index (χ2n) is 7.74. The largest absolute Gasteiger partial charge is 0.408 e. The summed E-state index contributed by atoms with van der Waals surface area (Å²) in [7, 11) is 0. The number of rotatable bonds is 4. The minimum Gasteiger partial charge on any atom is -0.377 e. The number of hydrogen-bond donors (Lipinski definition) is 0. The molecular formula is C19H22F3N5O4. The van der Waals surface area contributed by atoms with Crippen LogP contribution < -0.4 is 15.4 Å². The van der Waals surface area contributed by atoms with Crippen LogP contribution in [0, 0.1) is 6.92 Å². The fourth-order valence-corrected chi connectivity index (χ4v) is 3.93. The van der Waals surface area contributed by atoms with Crippen LogP contribution in [0.4, 0.5) is 24.9 Å². The van der Waals surface area contributed by atoms with E-state index < -0.39 is 30.1 Å². The van der Waals surface area contributed by atoms with Crippen LogP contribution in [0.15, 0.2) is 21.5 Å². The van der Waals surface area contributed by atoms with Gasteiger partial charge in [0.2, 0.25) is 11.7 Å². The summed E-state index contributed by atoms with van der Waals surface area (Å²) in [6, 6.07) is 0.633. The van der Waals surface area contributed by atoms with E-state index in [9.17, 15) is 22.8 Å². The number of morpholine rings is 1. The average Bonchev–Trinajstić information content (AvgIpc) is 3.14. The van der Waals surface area contributed by atoms with Crippen molar-refractivity contribution in [3.8, 4) is 0 Å². The van der Waals surface area contributed by atoms with Gasteiger partial charge in [0.15, 0.2) is 5.69 Å². The lowest BCUT2D eigenvalue weighted by Crippen LogP contribution is -2.54. The quantitative estimate of drug-likeness (QED) is 0.663. The maximum Gasteiger partial charge on any atom is 0.408 e. The molecule has 4 heterocycles. The molecular weight excluding hydrogens is 419 g/mol. The van der Waals surface area contributed by atoms with Crippen LogP contribution in [-0.2, 0) is 11.3 Å². The van der Waals surface area contributed by atoms with Gasteiger partial charge in [0.25, 0.3) is 5.56 Å². The van der Waals surface area contributed by atoms with Gasteiger partial charge in [-0.2, -0.15) is 18.2 Å². The molecule has 4 rings (SSSR count). The fourth-order valence-electron chi connectivity index (χ4n) is 3.93. The van der Waals surface area contributed by atoms with Gasteiger partial charge in [-0.3, -0.25) is 14.2 Å². The zero-order valence-corrected chi connectivity index (χ0v) is 17.1. The highest BCUT2D eigenvalue weighted by Crippen LogP contribution is 2.34. The second-order valence-corrected chi connectivity index (χ2v) is 7.74. The normalized spacial score (nSPS) is 21.8. The van der Waals surface area contributed by atoms with E-state index in [0.29, 0.717) is 25.5 Å². The van der Waals surface area contributed by atoms with E-state index in [2.05, 4.69) is 10.1 Å². The molecule has 1 fully saturated rings. The number of alkyl halides is 3. The van der Waals surface area contributed by atoms with Gasteiger partial charge in [-0.05, 0) is 20.3 Å². The summed E-state index contributed by atoms with van der Waals surface area (Å²) >= 11 is 0. The number of fused-ring (bicyclic) bond motifs is 1. The van der Waals surface area contributed by atoms with Gasteiger partial charge >= 0.3 is 6.18 Å². The number of carbonyl (C=O) groups excluding carboxylic acids is 1. The molecule has 2 atom stereocenters. The van der Waals surface area contributed by atoms with Crippen LogP contribution in [0.2, 0.25) is 0 Å². The van der Waals surface area contributed by atoms with Crippen molar-refractivity contribution in [3.05, 3.63) is 33.9 Å². The number of hydrogen-bond acceptors (Lipinski definition) is 8. The van der Waals surface area contributed by atoms with Crippen molar-refractivity contribution in [1.82, 2.24) is 14.7 Å². The molecule has 0 saturated carbocycles. The van der Waals surface area contributed by atoms with Gasteiger partial charge in [-0.15, -0.1) is 0 Å². The van der Waals surface area contributed by atoms with Crippen molar-refractivity contribution in [2.24, 2.45) is 0 Å². The molecule has 0 radical (unpaired) electrons. The molecule has 0 amide bonds. The van der Waals surface area contributed by atoms with Crippen molar-refractivity contribution in [3.63, 3.8) is 0 Å². The van der Waals surface area contributed by atoms with Gasteiger partial charge in [0.05, 0.1) is 25.8 Å². The molecule has 12 heteroatoms. The van der Waals surface area contributed by atoms with Crippen molar-refractivity contribution < 1.29 is 27.2 Å². The zero-order chi connectivity index (χ0) is 22.3. The van der Waals surface area contributed by atoms with E-state index in [-0.39, 0.29) is 36.5 Å². The molecule has 0 bridgehead atoms. The minimum atomic E-state index is -4.61. The van der Waals surface area contributed by atoms with Crippen LogP contribution in [0.25, 0.3) is 0 Å². The molecule has 9 nitrogen and oxygen atoms in total. The highest BCUT2D eigenvalue weighted by molar-refractivity contribution is 5.97. The Balaban J connectivity index is 1.75. The van der Waals surface area contributed by atoms with Gasteiger partial charge in [0, 0.05) is 25.2 Å². The van der Waals surface area contributed by atoms with E-state index >= 15 is 0 Å². The fraction of sp³-hybridized carbons (Fsp3) is 0.579. The molecule has 31 heavy (non-hydrogen) atoms. The molecule has 2 aliphatic heterocycles. The third kappa shape index (κ3) is 4.16. The number of anilines is 2. The number of aryl methyl sites for hydroxylation is 1. The lowest BCUT2D eigenvalue weighted by Gasteiger charge is -2.40. The summed E-state index contributed by atoms with van der Waals surface area (Å²) in [4.78, 5) is 32.5. The first-order valence-electron chi connectivity index (χ1n) is 9.91. The lowest BCUT2D eigenvalue weighted by molar-refractivity contribution is -0.152. The van der Waals surface area contributed by atoms with Gasteiger partial charge in [-0.1, -0.05) is 5.16 Å². The topological polar surface area (TPSA) is 93.7 Å². The standard InChI is InChI=1S/C19H22F3N5O4/c1-11-10-30-6-5-25(11)16-8-17(29)26-4-3-15(19(20,21)22)27(18(26)23-16)9-14(28)13-7-12(2)31-24-13/h7-8,11,15H,3-6,9-10H2,1-2H3. The number of nitrogens with zero attached hydrogens (tertiary/aromatic N) is 5. The first-order chi connectivity index (χ1) is 14.6. The molecule has 1 saturated heterocycles. The molecule has 0 aromatic carbocycles. The van der Waals surface area contributed by atoms with Crippen LogP contribution in [0.3, 0.4) is 0 Å². The number of carbonyl (C=O) groups is 1. The molecule has 0 aliphatic carbocycles. The molecule has 2 unspecified atom stereocenters. The summed E-state index contributed by atoms with van der Waals surface area (Å²) in [6.07, 6.45) is -4.97. The monoisotopic (exact) mass is 441 g/mol. The lowest BCUT2D eigenvalue weighted by atomic mass is 10.1. The SMILES string of the molecule is Cc1cc(C(=O)CN2c3nc(N4CCOCC4C)cc(=O)n3CCC2C(F)(F)F)no1. The molecule has 2 aromatic heterocycles. The predicted octanol–water partition coefficient (Wildman–Crippen LogP) is 1.79. The Hall–Kier alpha value is -2.89. The van der Waals surface area contributed by atoms with Crippen molar-refractivity contribution in [2.45, 2.75) is 45.1 Å². The Kier molecular flexibility index (Phi) is 5.50. The number of aromatic nitrogens is 3. The van der Waals surface area contributed by atoms with E-state index in [1.54, 1.807) is 6.92 Å². The van der Waals surface area contributed by atoms with Crippen LogP contribution in [0.5, 0.6) is 0 Å². The van der Waals surface area contributed by atoms with Gasteiger partial charge in [-0.25, -0.2) is 0 Å². The third-order valence-electron chi connectivity index (χ3n) is 5.50. The molecule has 0 spiro atoms. The van der Waals surface area contributed by atoms with E-state index in [1.807, 2.05) is 11.8 Å². The molecule has 168 valence electrons. The summed E-state index contributed by atoms with van der Waals surface area (Å²) in [6.45, 7) is 3.97. The number of ether oxygens (including phenoxy) is 1. The molecule has 2 aliphatic rings. The maximum absolute atomic E-state index is 13.8. The number of ketones is 1. The van der Waals surface area contributed by atoms with E-state index in [4.69, 9.17) is 9.26 Å². The minimum absolute atomic E-state index is 0.0733. The predicted molar refractivity (Wildman–Crippen MR) is 104 cm³/mol. The van der Waals surface area contributed by atoms with Crippen LogP contribution in [0.1, 0.15) is 29.6 Å². The second kappa shape index (κ2) is 7.98. The Morgan fingerprint density at radius 3 is 2.71 bits per heavy atom. The van der Waals surface area contributed by atoms with Crippen molar-refractivity contribution in [2.75, 3.05) is 36.1 Å². The smallest absolute Gasteiger partial charge is 0.377 e. The highest BCUT2D eigenvalue weighted by Gasteiger charge is 2.47. The third-order valence-corrected chi connectivity index (χ3v) is 5.50. The Bertz CT molecular complexity index is 1030. The summed E-state index contributed by atoms with van der Waals surface area (Å²) in [5.41, 5.74) is -0.537. The molecule has 2 aromatic rings. The van der Waals surface area contributed by atoms with Crippen LogP contribution in [-0.4, -0.2) is 65.1 Å². The van der Waals surface area contributed by atoms with Gasteiger partial charge in [0.1, 0.15) is 17.6 Å². The van der Waals surface area contributed by atoms with Crippen molar-refractivity contribution in [1.29, 1.82) is 0 Å². The van der Waals surface area contributed by atoms with Crippen molar-refractivity contribution >= 4 is 17.5 Å². The highest BCUT2D eigenvalue weighted by atomic mass is 19.4. The number of halogens is 3. The average molecular weight is 441 g/mol. The maximum atomic E-state index is 13.8. The summed E-state index contributed by atoms with van der Waals surface area (Å²) in [5, 5.41) is 3.60.